The summed E-state index contributed by atoms with van der Waals surface area (Å²) in [6.45, 7) is 6.10. The average molecular weight is 360 g/mol. The van der Waals surface area contributed by atoms with Gasteiger partial charge in [-0.05, 0) is 49.1 Å². The summed E-state index contributed by atoms with van der Waals surface area (Å²) >= 11 is 0. The molecule has 0 fully saturated rings. The van der Waals surface area contributed by atoms with Gasteiger partial charge in [0.15, 0.2) is 0 Å². The van der Waals surface area contributed by atoms with Crippen LogP contribution in [0, 0.1) is 6.92 Å². The monoisotopic (exact) mass is 360 g/mol. The predicted octanol–water partition coefficient (Wildman–Crippen LogP) is 4.91. The van der Waals surface area contributed by atoms with Crippen LogP contribution in [0.2, 0.25) is 0 Å². The van der Waals surface area contributed by atoms with E-state index in [1.54, 1.807) is 6.07 Å². The molecule has 3 rings (SSSR count). The number of benzene rings is 2. The number of nitrogens with one attached hydrogen (secondary N) is 2. The number of nitrogens with zero attached hydrogens (tertiary/aromatic N) is 2. The number of amides is 1. The molecule has 27 heavy (non-hydrogen) atoms. The van der Waals surface area contributed by atoms with E-state index < -0.39 is 0 Å². The maximum absolute atomic E-state index is 12.6. The fourth-order valence-electron chi connectivity index (χ4n) is 2.97. The highest BCUT2D eigenvalue weighted by Crippen LogP contribution is 2.25. The molecule has 0 saturated carbocycles. The molecule has 138 valence electrons. The molecule has 0 radical (unpaired) electrons. The Morgan fingerprint density at radius 3 is 2.22 bits per heavy atom. The van der Waals surface area contributed by atoms with Crippen LogP contribution in [0.5, 0.6) is 0 Å². The number of anilines is 3. The summed E-state index contributed by atoms with van der Waals surface area (Å²) in [5.74, 6) is 0.179. The van der Waals surface area contributed by atoms with Crippen LogP contribution in [0.15, 0.2) is 54.6 Å². The van der Waals surface area contributed by atoms with Crippen molar-refractivity contribution < 1.29 is 4.79 Å². The molecule has 1 amide bonds. The van der Waals surface area contributed by atoms with E-state index in [1.807, 2.05) is 37.3 Å². The summed E-state index contributed by atoms with van der Waals surface area (Å²) in [6, 6.07) is 17.3. The number of aromatic nitrogens is 2. The number of rotatable bonds is 6. The second-order valence-electron chi connectivity index (χ2n) is 6.32. The van der Waals surface area contributed by atoms with E-state index in [9.17, 15) is 4.79 Å². The first kappa shape index (κ1) is 18.6. The van der Waals surface area contributed by atoms with Gasteiger partial charge in [-0.3, -0.25) is 4.79 Å². The van der Waals surface area contributed by atoms with E-state index >= 15 is 0 Å². The van der Waals surface area contributed by atoms with Crippen LogP contribution in [0.25, 0.3) is 0 Å². The summed E-state index contributed by atoms with van der Waals surface area (Å²) < 4.78 is 0. The van der Waals surface area contributed by atoms with Gasteiger partial charge in [0.1, 0.15) is 5.69 Å². The normalized spacial score (nSPS) is 10.5. The highest BCUT2D eigenvalue weighted by Gasteiger charge is 2.13. The first-order valence-corrected chi connectivity index (χ1v) is 9.20. The minimum absolute atomic E-state index is 0.255. The van der Waals surface area contributed by atoms with Gasteiger partial charge in [-0.15, -0.1) is 0 Å². The van der Waals surface area contributed by atoms with Crippen molar-refractivity contribution in [3.63, 3.8) is 0 Å². The Morgan fingerprint density at radius 1 is 0.926 bits per heavy atom. The molecule has 2 N–H and O–H groups in total. The zero-order valence-corrected chi connectivity index (χ0v) is 15.9. The lowest BCUT2D eigenvalue weighted by Crippen LogP contribution is -2.15. The quantitative estimate of drug-likeness (QED) is 0.656. The van der Waals surface area contributed by atoms with Crippen molar-refractivity contribution in [3.05, 3.63) is 77.1 Å². The fourth-order valence-corrected chi connectivity index (χ4v) is 2.97. The second-order valence-corrected chi connectivity index (χ2v) is 6.32. The molecule has 0 bridgehead atoms. The number of carbonyl (C=O) groups excluding carboxylic acids is 1. The van der Waals surface area contributed by atoms with E-state index in [4.69, 9.17) is 0 Å². The average Bonchev–Trinajstić information content (AvgIpc) is 2.68. The Bertz CT molecular complexity index is 916. The number of para-hydroxylation sites is 2. The van der Waals surface area contributed by atoms with Crippen LogP contribution in [-0.2, 0) is 12.8 Å². The van der Waals surface area contributed by atoms with Gasteiger partial charge in [0.25, 0.3) is 5.91 Å². The van der Waals surface area contributed by atoms with Crippen LogP contribution >= 0.6 is 0 Å². The minimum atomic E-state index is -0.255. The van der Waals surface area contributed by atoms with Gasteiger partial charge in [-0.25, -0.2) is 9.97 Å². The van der Waals surface area contributed by atoms with Crippen LogP contribution in [-0.4, -0.2) is 15.9 Å². The summed E-state index contributed by atoms with van der Waals surface area (Å²) in [7, 11) is 0. The van der Waals surface area contributed by atoms with Gasteiger partial charge >= 0.3 is 0 Å². The Labute approximate surface area is 159 Å². The van der Waals surface area contributed by atoms with Crippen LogP contribution in [0.4, 0.5) is 17.3 Å². The molecule has 1 heterocycles. The zero-order valence-electron chi connectivity index (χ0n) is 15.9. The van der Waals surface area contributed by atoms with E-state index in [0.29, 0.717) is 11.6 Å². The minimum Gasteiger partial charge on any atom is -0.324 e. The molecule has 5 heteroatoms. The Kier molecular flexibility index (Phi) is 5.81. The maximum atomic E-state index is 12.6. The molecule has 0 spiro atoms. The van der Waals surface area contributed by atoms with Crippen molar-refractivity contribution in [2.24, 2.45) is 0 Å². The van der Waals surface area contributed by atoms with E-state index in [0.717, 1.165) is 29.9 Å². The topological polar surface area (TPSA) is 66.9 Å². The standard InChI is InChI=1S/C22H24N4O/c1-4-16-10-9-11-17(5-2)20(16)26-22-23-15(3)14-19(25-22)21(27)24-18-12-7-6-8-13-18/h6-14H,4-5H2,1-3H3,(H,24,27)(H,23,25,26). The summed E-state index contributed by atoms with van der Waals surface area (Å²) in [6.07, 6.45) is 1.81. The first-order chi connectivity index (χ1) is 13.1. The third-order valence-electron chi connectivity index (χ3n) is 4.35. The van der Waals surface area contributed by atoms with E-state index in [2.05, 4.69) is 52.6 Å². The van der Waals surface area contributed by atoms with Gasteiger partial charge in [-0.2, -0.15) is 0 Å². The van der Waals surface area contributed by atoms with E-state index in [1.165, 1.54) is 11.1 Å². The fraction of sp³-hybridized carbons (Fsp3) is 0.227. The second kappa shape index (κ2) is 8.45. The third-order valence-corrected chi connectivity index (χ3v) is 4.35. The predicted molar refractivity (Wildman–Crippen MR) is 110 cm³/mol. The highest BCUT2D eigenvalue weighted by molar-refractivity contribution is 6.03. The molecule has 0 saturated heterocycles. The van der Waals surface area contributed by atoms with E-state index in [-0.39, 0.29) is 5.91 Å². The van der Waals surface area contributed by atoms with Crippen molar-refractivity contribution >= 4 is 23.2 Å². The summed E-state index contributed by atoms with van der Waals surface area (Å²) in [5, 5.41) is 6.21. The largest absolute Gasteiger partial charge is 0.324 e. The molecule has 0 aliphatic heterocycles. The van der Waals surface area contributed by atoms with Crippen molar-refractivity contribution in [2.45, 2.75) is 33.6 Å². The molecule has 2 aromatic carbocycles. The van der Waals surface area contributed by atoms with Gasteiger partial charge in [0.2, 0.25) is 5.95 Å². The third kappa shape index (κ3) is 4.50. The van der Waals surface area contributed by atoms with Crippen LogP contribution in [0.3, 0.4) is 0 Å². The zero-order chi connectivity index (χ0) is 19.2. The molecule has 0 atom stereocenters. The lowest BCUT2D eigenvalue weighted by molar-refractivity contribution is 0.102. The van der Waals surface area contributed by atoms with Crippen molar-refractivity contribution in [2.75, 3.05) is 10.6 Å². The molecular formula is C22H24N4O. The maximum Gasteiger partial charge on any atom is 0.274 e. The highest BCUT2D eigenvalue weighted by atomic mass is 16.1. The molecule has 1 aromatic heterocycles. The van der Waals surface area contributed by atoms with Crippen LogP contribution in [0.1, 0.15) is 41.2 Å². The Balaban J connectivity index is 1.89. The number of hydrogen-bond acceptors (Lipinski definition) is 4. The molecule has 5 nitrogen and oxygen atoms in total. The van der Waals surface area contributed by atoms with Gasteiger partial charge in [0.05, 0.1) is 0 Å². The first-order valence-electron chi connectivity index (χ1n) is 9.20. The van der Waals surface area contributed by atoms with Gasteiger partial charge in [0, 0.05) is 17.1 Å². The molecule has 0 aliphatic carbocycles. The lowest BCUT2D eigenvalue weighted by Gasteiger charge is -2.15. The Morgan fingerprint density at radius 2 is 1.59 bits per heavy atom. The SMILES string of the molecule is CCc1cccc(CC)c1Nc1nc(C)cc(C(=O)Nc2ccccc2)n1. The Hall–Kier alpha value is -3.21. The van der Waals surface area contributed by atoms with Gasteiger partial charge < -0.3 is 10.6 Å². The number of carbonyl (C=O) groups is 1. The van der Waals surface area contributed by atoms with Crippen LogP contribution < -0.4 is 10.6 Å². The number of hydrogen-bond donors (Lipinski definition) is 2. The van der Waals surface area contributed by atoms with Crippen molar-refractivity contribution in [1.29, 1.82) is 0 Å². The molecule has 0 unspecified atom stereocenters. The van der Waals surface area contributed by atoms with Gasteiger partial charge in [-0.1, -0.05) is 50.2 Å². The lowest BCUT2D eigenvalue weighted by atomic mass is 10.0. The molecule has 3 aromatic rings. The molecule has 0 aliphatic rings. The van der Waals surface area contributed by atoms with Crippen molar-refractivity contribution in [1.82, 2.24) is 9.97 Å². The molecular weight excluding hydrogens is 336 g/mol. The summed E-state index contributed by atoms with van der Waals surface area (Å²) in [5.41, 5.74) is 5.24. The van der Waals surface area contributed by atoms with Crippen molar-refractivity contribution in [3.8, 4) is 0 Å². The number of aryl methyl sites for hydroxylation is 3. The summed E-state index contributed by atoms with van der Waals surface area (Å²) in [4.78, 5) is 21.5. The smallest absolute Gasteiger partial charge is 0.274 e.